The first kappa shape index (κ1) is 16.0. The van der Waals surface area contributed by atoms with Gasteiger partial charge in [0.1, 0.15) is 11.2 Å². The second-order valence-electron chi connectivity index (χ2n) is 6.06. The van der Waals surface area contributed by atoms with Crippen molar-refractivity contribution in [2.24, 2.45) is 0 Å². The SMILES string of the molecule is Cc1ccc(OC(=O)C(C)(c2ccccc2)c2ccccc2)cc1. The molecule has 0 aromatic heterocycles. The highest BCUT2D eigenvalue weighted by Gasteiger charge is 2.39. The molecular formula is C22H20O2. The van der Waals surface area contributed by atoms with Gasteiger partial charge in [-0.05, 0) is 37.1 Å². The summed E-state index contributed by atoms with van der Waals surface area (Å²) in [5.74, 6) is 0.271. The minimum Gasteiger partial charge on any atom is -0.426 e. The largest absolute Gasteiger partial charge is 0.426 e. The van der Waals surface area contributed by atoms with Crippen molar-refractivity contribution >= 4 is 5.97 Å². The predicted octanol–water partition coefficient (Wildman–Crippen LogP) is 4.91. The first-order valence-electron chi connectivity index (χ1n) is 8.01. The van der Waals surface area contributed by atoms with Crippen LogP contribution in [-0.4, -0.2) is 5.97 Å². The highest BCUT2D eigenvalue weighted by atomic mass is 16.5. The number of hydrogen-bond donors (Lipinski definition) is 0. The molecule has 0 spiro atoms. The second kappa shape index (κ2) is 6.71. The monoisotopic (exact) mass is 316 g/mol. The molecule has 3 aromatic rings. The number of ether oxygens (including phenoxy) is 1. The van der Waals surface area contributed by atoms with E-state index >= 15 is 0 Å². The molecule has 0 aliphatic rings. The van der Waals surface area contributed by atoms with Crippen LogP contribution in [0.2, 0.25) is 0 Å². The lowest BCUT2D eigenvalue weighted by Crippen LogP contribution is -2.37. The van der Waals surface area contributed by atoms with Gasteiger partial charge in [0.05, 0.1) is 0 Å². The molecule has 0 unspecified atom stereocenters. The Bertz CT molecular complexity index is 766. The molecule has 0 saturated heterocycles. The average Bonchev–Trinajstić information content (AvgIpc) is 2.64. The summed E-state index contributed by atoms with van der Waals surface area (Å²) in [4.78, 5) is 13.1. The summed E-state index contributed by atoms with van der Waals surface area (Å²) in [5, 5.41) is 0. The molecule has 0 radical (unpaired) electrons. The van der Waals surface area contributed by atoms with E-state index in [0.29, 0.717) is 5.75 Å². The third kappa shape index (κ3) is 3.09. The zero-order valence-electron chi connectivity index (χ0n) is 13.9. The summed E-state index contributed by atoms with van der Waals surface area (Å²) in [5.41, 5.74) is 2.08. The summed E-state index contributed by atoms with van der Waals surface area (Å²) in [6, 6.07) is 27.0. The fourth-order valence-electron chi connectivity index (χ4n) is 2.76. The summed E-state index contributed by atoms with van der Waals surface area (Å²) in [7, 11) is 0. The summed E-state index contributed by atoms with van der Waals surface area (Å²) in [6.07, 6.45) is 0. The molecule has 0 fully saturated rings. The zero-order valence-corrected chi connectivity index (χ0v) is 13.9. The number of benzene rings is 3. The van der Waals surface area contributed by atoms with E-state index in [4.69, 9.17) is 4.74 Å². The van der Waals surface area contributed by atoms with E-state index in [0.717, 1.165) is 16.7 Å². The van der Waals surface area contributed by atoms with E-state index in [2.05, 4.69) is 0 Å². The van der Waals surface area contributed by atoms with Gasteiger partial charge in [-0.15, -0.1) is 0 Å². The summed E-state index contributed by atoms with van der Waals surface area (Å²) < 4.78 is 5.70. The maximum absolute atomic E-state index is 13.1. The van der Waals surface area contributed by atoms with Gasteiger partial charge >= 0.3 is 5.97 Å². The molecule has 0 saturated carbocycles. The van der Waals surface area contributed by atoms with Crippen LogP contribution in [0, 0.1) is 6.92 Å². The van der Waals surface area contributed by atoms with Crippen molar-refractivity contribution in [1.29, 1.82) is 0 Å². The molecule has 0 aliphatic heterocycles. The Labute approximate surface area is 142 Å². The van der Waals surface area contributed by atoms with Crippen LogP contribution in [-0.2, 0) is 10.2 Å². The van der Waals surface area contributed by atoms with Crippen LogP contribution in [0.15, 0.2) is 84.9 Å². The normalized spacial score (nSPS) is 11.1. The second-order valence-corrected chi connectivity index (χ2v) is 6.06. The Morgan fingerprint density at radius 1 is 0.750 bits per heavy atom. The van der Waals surface area contributed by atoms with Gasteiger partial charge in [0.25, 0.3) is 0 Å². The van der Waals surface area contributed by atoms with E-state index in [1.165, 1.54) is 0 Å². The fraction of sp³-hybridized carbons (Fsp3) is 0.136. The molecule has 0 N–H and O–H groups in total. The lowest BCUT2D eigenvalue weighted by Gasteiger charge is -2.28. The van der Waals surface area contributed by atoms with Gasteiger partial charge in [-0.1, -0.05) is 78.4 Å². The summed E-state index contributed by atoms with van der Waals surface area (Å²) >= 11 is 0. The first-order valence-corrected chi connectivity index (χ1v) is 8.01. The smallest absolute Gasteiger partial charge is 0.326 e. The zero-order chi connectivity index (χ0) is 17.0. The van der Waals surface area contributed by atoms with Gasteiger partial charge in [0, 0.05) is 0 Å². The van der Waals surface area contributed by atoms with Gasteiger partial charge < -0.3 is 4.74 Å². The maximum Gasteiger partial charge on any atom is 0.326 e. The molecule has 120 valence electrons. The van der Waals surface area contributed by atoms with Crippen molar-refractivity contribution in [3.05, 3.63) is 102 Å². The minimum absolute atomic E-state index is 0.288. The fourth-order valence-corrected chi connectivity index (χ4v) is 2.76. The van der Waals surface area contributed by atoms with E-state index in [1.54, 1.807) is 0 Å². The average molecular weight is 316 g/mol. The Balaban J connectivity index is 2.02. The van der Waals surface area contributed by atoms with Crippen LogP contribution in [0.3, 0.4) is 0 Å². The van der Waals surface area contributed by atoms with Gasteiger partial charge in [0.2, 0.25) is 0 Å². The maximum atomic E-state index is 13.1. The molecule has 0 atom stereocenters. The van der Waals surface area contributed by atoms with Crippen LogP contribution in [0.4, 0.5) is 0 Å². The highest BCUT2D eigenvalue weighted by molar-refractivity contribution is 5.88. The molecule has 0 bridgehead atoms. The van der Waals surface area contributed by atoms with Gasteiger partial charge in [-0.25, -0.2) is 0 Å². The van der Waals surface area contributed by atoms with Crippen LogP contribution in [0.1, 0.15) is 23.6 Å². The standard InChI is InChI=1S/C22H20O2/c1-17-13-15-20(16-14-17)24-21(23)22(2,18-9-5-3-6-10-18)19-11-7-4-8-12-19/h3-16H,1-2H3. The van der Waals surface area contributed by atoms with Crippen LogP contribution >= 0.6 is 0 Å². The summed E-state index contributed by atoms with van der Waals surface area (Å²) in [6.45, 7) is 3.91. The van der Waals surface area contributed by atoms with Crippen molar-refractivity contribution in [2.75, 3.05) is 0 Å². The third-order valence-electron chi connectivity index (χ3n) is 4.34. The van der Waals surface area contributed by atoms with Crippen LogP contribution in [0.25, 0.3) is 0 Å². The lowest BCUT2D eigenvalue weighted by atomic mass is 9.76. The van der Waals surface area contributed by atoms with E-state index in [1.807, 2.05) is 98.8 Å². The Morgan fingerprint density at radius 2 is 1.21 bits per heavy atom. The van der Waals surface area contributed by atoms with Crippen molar-refractivity contribution in [3.8, 4) is 5.75 Å². The topological polar surface area (TPSA) is 26.3 Å². The molecule has 3 aromatic carbocycles. The molecule has 3 rings (SSSR count). The quantitative estimate of drug-likeness (QED) is 0.505. The Hall–Kier alpha value is -2.87. The van der Waals surface area contributed by atoms with Crippen molar-refractivity contribution in [1.82, 2.24) is 0 Å². The van der Waals surface area contributed by atoms with Crippen molar-refractivity contribution in [2.45, 2.75) is 19.3 Å². The third-order valence-corrected chi connectivity index (χ3v) is 4.34. The number of rotatable bonds is 4. The molecule has 0 heterocycles. The predicted molar refractivity (Wildman–Crippen MR) is 96.2 cm³/mol. The first-order chi connectivity index (χ1) is 11.6. The highest BCUT2D eigenvalue weighted by Crippen LogP contribution is 2.33. The van der Waals surface area contributed by atoms with E-state index < -0.39 is 5.41 Å². The number of carbonyl (C=O) groups excluding carboxylic acids is 1. The van der Waals surface area contributed by atoms with Crippen molar-refractivity contribution in [3.63, 3.8) is 0 Å². The van der Waals surface area contributed by atoms with E-state index in [9.17, 15) is 4.79 Å². The molecular weight excluding hydrogens is 296 g/mol. The molecule has 24 heavy (non-hydrogen) atoms. The van der Waals surface area contributed by atoms with Gasteiger partial charge in [-0.2, -0.15) is 0 Å². The van der Waals surface area contributed by atoms with E-state index in [-0.39, 0.29) is 5.97 Å². The minimum atomic E-state index is -0.868. The van der Waals surface area contributed by atoms with Crippen LogP contribution in [0.5, 0.6) is 5.75 Å². The Kier molecular flexibility index (Phi) is 4.48. The number of esters is 1. The Morgan fingerprint density at radius 3 is 1.67 bits per heavy atom. The van der Waals surface area contributed by atoms with Crippen LogP contribution < -0.4 is 4.74 Å². The van der Waals surface area contributed by atoms with Crippen molar-refractivity contribution < 1.29 is 9.53 Å². The number of carbonyl (C=O) groups is 1. The molecule has 2 heteroatoms. The molecule has 0 amide bonds. The van der Waals surface area contributed by atoms with Gasteiger partial charge in [-0.3, -0.25) is 4.79 Å². The molecule has 0 aliphatic carbocycles. The number of hydrogen-bond acceptors (Lipinski definition) is 2. The number of aryl methyl sites for hydroxylation is 1. The van der Waals surface area contributed by atoms with Gasteiger partial charge in [0.15, 0.2) is 0 Å². The molecule has 2 nitrogen and oxygen atoms in total. The lowest BCUT2D eigenvalue weighted by molar-refractivity contribution is -0.138.